The SMILES string of the molecule is Cc1nc(NCc2cnn(Cc3ccc(Cl)nc3)c2)nc2c1NC(=O)[C@H](C(C)C)N2C=N. The van der Waals surface area contributed by atoms with Crippen molar-refractivity contribution in [2.75, 3.05) is 15.5 Å². The Morgan fingerprint density at radius 1 is 1.28 bits per heavy atom. The maximum absolute atomic E-state index is 12.5. The van der Waals surface area contributed by atoms with E-state index < -0.39 is 6.04 Å². The normalized spacial score (nSPS) is 15.5. The lowest BCUT2D eigenvalue weighted by atomic mass is 9.99. The number of nitrogens with one attached hydrogen (secondary N) is 3. The Balaban J connectivity index is 1.49. The minimum Gasteiger partial charge on any atom is -0.350 e. The molecule has 1 amide bonds. The molecule has 0 fully saturated rings. The number of carbonyl (C=O) groups is 1. The van der Waals surface area contributed by atoms with Gasteiger partial charge in [-0.3, -0.25) is 14.9 Å². The molecule has 0 saturated carbocycles. The van der Waals surface area contributed by atoms with Crippen molar-refractivity contribution in [1.29, 1.82) is 5.41 Å². The van der Waals surface area contributed by atoms with Crippen LogP contribution in [0.4, 0.5) is 17.5 Å². The summed E-state index contributed by atoms with van der Waals surface area (Å²) >= 11 is 5.83. The predicted molar refractivity (Wildman–Crippen MR) is 123 cm³/mol. The molecule has 1 aliphatic rings. The van der Waals surface area contributed by atoms with Crippen LogP contribution >= 0.6 is 11.6 Å². The van der Waals surface area contributed by atoms with E-state index >= 15 is 0 Å². The summed E-state index contributed by atoms with van der Waals surface area (Å²) in [4.78, 5) is 27.2. The predicted octanol–water partition coefficient (Wildman–Crippen LogP) is 3.08. The molecule has 0 saturated heterocycles. The van der Waals surface area contributed by atoms with Crippen LogP contribution in [0.1, 0.15) is 30.7 Å². The number of anilines is 3. The van der Waals surface area contributed by atoms with Crippen molar-refractivity contribution in [1.82, 2.24) is 24.7 Å². The van der Waals surface area contributed by atoms with Crippen LogP contribution in [-0.2, 0) is 17.9 Å². The van der Waals surface area contributed by atoms with Crippen LogP contribution < -0.4 is 15.5 Å². The standard InChI is InChI=1S/C21H24ClN9O/c1-12(2)18-20(32)28-17-13(3)27-21(29-19(17)31(18)11-23)25-7-15-8-26-30(10-15)9-14-4-5-16(22)24-6-14/h4-6,8,10-12,18,23H,7,9H2,1-3H3,(H,28,32)(H,25,27,29)/t18-/m0/s1. The summed E-state index contributed by atoms with van der Waals surface area (Å²) in [5, 5.41) is 18.8. The molecule has 166 valence electrons. The van der Waals surface area contributed by atoms with E-state index in [0.29, 0.717) is 41.4 Å². The minimum absolute atomic E-state index is 0.0121. The Morgan fingerprint density at radius 2 is 2.09 bits per heavy atom. The van der Waals surface area contributed by atoms with Crippen molar-refractivity contribution in [3.05, 3.63) is 52.7 Å². The first-order valence-electron chi connectivity index (χ1n) is 10.2. The zero-order chi connectivity index (χ0) is 22.8. The van der Waals surface area contributed by atoms with Gasteiger partial charge in [0.25, 0.3) is 0 Å². The van der Waals surface area contributed by atoms with Gasteiger partial charge in [-0.15, -0.1) is 0 Å². The molecule has 0 radical (unpaired) electrons. The molecule has 0 aliphatic carbocycles. The van der Waals surface area contributed by atoms with Crippen LogP contribution in [0, 0.1) is 18.3 Å². The number of hydrogen-bond donors (Lipinski definition) is 3. The summed E-state index contributed by atoms with van der Waals surface area (Å²) in [5.74, 6) is 0.783. The number of nitrogens with zero attached hydrogens (tertiary/aromatic N) is 6. The Labute approximate surface area is 190 Å². The maximum Gasteiger partial charge on any atom is 0.247 e. The highest BCUT2D eigenvalue weighted by Gasteiger charge is 2.36. The third kappa shape index (κ3) is 4.40. The Hall–Kier alpha value is -3.53. The lowest BCUT2D eigenvalue weighted by molar-refractivity contribution is -0.118. The monoisotopic (exact) mass is 453 g/mol. The minimum atomic E-state index is -0.497. The van der Waals surface area contributed by atoms with Gasteiger partial charge in [0, 0.05) is 24.5 Å². The van der Waals surface area contributed by atoms with Gasteiger partial charge in [-0.05, 0) is 24.5 Å². The molecule has 10 nitrogen and oxygen atoms in total. The van der Waals surface area contributed by atoms with E-state index in [4.69, 9.17) is 17.0 Å². The quantitative estimate of drug-likeness (QED) is 0.285. The summed E-state index contributed by atoms with van der Waals surface area (Å²) in [7, 11) is 0. The number of aromatic nitrogens is 5. The number of pyridine rings is 1. The first-order chi connectivity index (χ1) is 15.4. The van der Waals surface area contributed by atoms with Crippen LogP contribution in [0.5, 0.6) is 0 Å². The van der Waals surface area contributed by atoms with Crippen molar-refractivity contribution in [2.24, 2.45) is 5.92 Å². The second kappa shape index (κ2) is 8.91. The van der Waals surface area contributed by atoms with Gasteiger partial charge >= 0.3 is 0 Å². The fourth-order valence-corrected chi connectivity index (χ4v) is 3.75. The summed E-state index contributed by atoms with van der Waals surface area (Å²) in [6, 6.07) is 3.17. The first-order valence-corrected chi connectivity index (χ1v) is 10.6. The van der Waals surface area contributed by atoms with E-state index in [0.717, 1.165) is 17.5 Å². The highest BCUT2D eigenvalue weighted by atomic mass is 35.5. The molecule has 1 atom stereocenters. The fourth-order valence-electron chi connectivity index (χ4n) is 3.64. The number of halogens is 1. The van der Waals surface area contributed by atoms with Crippen LogP contribution in [0.3, 0.4) is 0 Å². The third-order valence-electron chi connectivity index (χ3n) is 5.17. The fraction of sp³-hybridized carbons (Fsp3) is 0.333. The molecule has 4 heterocycles. The number of amides is 1. The van der Waals surface area contributed by atoms with Gasteiger partial charge in [0.05, 0.1) is 24.8 Å². The topological polar surface area (TPSA) is 125 Å². The van der Waals surface area contributed by atoms with Crippen LogP contribution in [-0.4, -0.2) is 43.0 Å². The van der Waals surface area contributed by atoms with E-state index in [1.807, 2.05) is 37.7 Å². The Morgan fingerprint density at radius 3 is 2.78 bits per heavy atom. The lowest BCUT2D eigenvalue weighted by Gasteiger charge is -2.36. The first kappa shape index (κ1) is 21.7. The van der Waals surface area contributed by atoms with E-state index in [2.05, 4.69) is 30.7 Å². The van der Waals surface area contributed by atoms with Crippen LogP contribution in [0.25, 0.3) is 0 Å². The van der Waals surface area contributed by atoms with Crippen LogP contribution in [0.2, 0.25) is 5.15 Å². The maximum atomic E-state index is 12.5. The van der Waals surface area contributed by atoms with Gasteiger partial charge in [-0.2, -0.15) is 10.1 Å². The number of rotatable bonds is 7. The van der Waals surface area contributed by atoms with E-state index in [1.165, 1.54) is 0 Å². The molecule has 11 heteroatoms. The summed E-state index contributed by atoms with van der Waals surface area (Å²) in [6.07, 6.45) is 6.59. The van der Waals surface area contributed by atoms with E-state index in [1.54, 1.807) is 23.4 Å². The van der Waals surface area contributed by atoms with Gasteiger partial charge in [-0.1, -0.05) is 31.5 Å². The smallest absolute Gasteiger partial charge is 0.247 e. The van der Waals surface area contributed by atoms with Crippen molar-refractivity contribution < 1.29 is 4.79 Å². The molecule has 0 bridgehead atoms. The molecule has 3 N–H and O–H groups in total. The highest BCUT2D eigenvalue weighted by molar-refractivity contribution is 6.29. The summed E-state index contributed by atoms with van der Waals surface area (Å²) in [5.41, 5.74) is 3.12. The largest absolute Gasteiger partial charge is 0.350 e. The van der Waals surface area contributed by atoms with Crippen molar-refractivity contribution in [3.63, 3.8) is 0 Å². The van der Waals surface area contributed by atoms with E-state index in [9.17, 15) is 4.79 Å². The number of aryl methyl sites for hydroxylation is 1. The third-order valence-corrected chi connectivity index (χ3v) is 5.40. The van der Waals surface area contributed by atoms with Crippen molar-refractivity contribution in [3.8, 4) is 0 Å². The zero-order valence-corrected chi connectivity index (χ0v) is 18.8. The van der Waals surface area contributed by atoms with Crippen molar-refractivity contribution in [2.45, 2.75) is 39.9 Å². The molecule has 3 aromatic rings. The van der Waals surface area contributed by atoms with E-state index in [-0.39, 0.29) is 11.8 Å². The average Bonchev–Trinajstić information content (AvgIpc) is 3.20. The lowest BCUT2D eigenvalue weighted by Crippen LogP contribution is -2.51. The number of fused-ring (bicyclic) bond motifs is 1. The molecule has 1 aliphatic heterocycles. The van der Waals surface area contributed by atoms with Gasteiger partial charge in [0.2, 0.25) is 11.9 Å². The molecule has 0 spiro atoms. The molecule has 3 aromatic heterocycles. The second-order valence-corrected chi connectivity index (χ2v) is 8.32. The van der Waals surface area contributed by atoms with Gasteiger partial charge in [0.1, 0.15) is 16.9 Å². The van der Waals surface area contributed by atoms with Gasteiger partial charge in [-0.25, -0.2) is 9.97 Å². The molecular formula is C21H24ClN9O. The molecular weight excluding hydrogens is 430 g/mol. The Bertz CT molecular complexity index is 1140. The summed E-state index contributed by atoms with van der Waals surface area (Å²) in [6.45, 7) is 6.75. The molecule has 0 unspecified atom stereocenters. The summed E-state index contributed by atoms with van der Waals surface area (Å²) < 4.78 is 1.82. The zero-order valence-electron chi connectivity index (χ0n) is 18.0. The van der Waals surface area contributed by atoms with Crippen molar-refractivity contribution >= 4 is 41.3 Å². The average molecular weight is 454 g/mol. The van der Waals surface area contributed by atoms with Gasteiger partial charge in [0.15, 0.2) is 5.82 Å². The number of hydrogen-bond acceptors (Lipinski definition) is 7. The Kier molecular flexibility index (Phi) is 6.04. The number of carbonyl (C=O) groups excluding carboxylic acids is 1. The van der Waals surface area contributed by atoms with Gasteiger partial charge < -0.3 is 15.5 Å². The molecule has 0 aromatic carbocycles. The molecule has 4 rings (SSSR count). The molecule has 32 heavy (non-hydrogen) atoms. The highest BCUT2D eigenvalue weighted by Crippen LogP contribution is 2.34. The van der Waals surface area contributed by atoms with Crippen LogP contribution in [0.15, 0.2) is 30.7 Å². The second-order valence-electron chi connectivity index (χ2n) is 7.93.